The maximum absolute atomic E-state index is 12.1. The summed E-state index contributed by atoms with van der Waals surface area (Å²) in [5.74, 6) is 0. The number of hydrogen-bond acceptors (Lipinski definition) is 4. The van der Waals surface area contributed by atoms with Crippen molar-refractivity contribution in [3.63, 3.8) is 0 Å². The minimum Gasteiger partial charge on any atom is -0.258 e. The molecule has 0 aliphatic carbocycles. The molecule has 0 unspecified atom stereocenters. The molecule has 6 nitrogen and oxygen atoms in total. The Kier molecular flexibility index (Phi) is 10.3. The summed E-state index contributed by atoms with van der Waals surface area (Å²) in [6.07, 6.45) is 11.9. The Morgan fingerprint density at radius 3 is 2.08 bits per heavy atom. The van der Waals surface area contributed by atoms with Crippen LogP contribution in [0.5, 0.6) is 0 Å². The number of non-ortho nitro benzene ring substituents is 1. The van der Waals surface area contributed by atoms with E-state index in [1.165, 1.54) is 63.1 Å². The second-order valence-electron chi connectivity index (χ2n) is 6.33. The van der Waals surface area contributed by atoms with E-state index in [0.29, 0.717) is 6.54 Å². The SMILES string of the molecule is CCCCCCCCCCCCNS(=O)(=O)c1cccc([N+](=O)[O-])c1. The van der Waals surface area contributed by atoms with E-state index in [1.807, 2.05) is 0 Å². The molecule has 0 spiro atoms. The third-order valence-electron chi connectivity index (χ3n) is 4.16. The molecule has 0 atom stereocenters. The summed E-state index contributed by atoms with van der Waals surface area (Å²) in [7, 11) is -3.68. The average Bonchev–Trinajstić information content (AvgIpc) is 2.59. The van der Waals surface area contributed by atoms with E-state index in [9.17, 15) is 18.5 Å². The van der Waals surface area contributed by atoms with Gasteiger partial charge in [0.2, 0.25) is 10.0 Å². The van der Waals surface area contributed by atoms with E-state index < -0.39 is 14.9 Å². The van der Waals surface area contributed by atoms with Gasteiger partial charge in [0, 0.05) is 18.7 Å². The number of benzene rings is 1. The monoisotopic (exact) mass is 370 g/mol. The number of nitro benzene ring substituents is 1. The molecule has 0 radical (unpaired) electrons. The second kappa shape index (κ2) is 12.0. The highest BCUT2D eigenvalue weighted by Gasteiger charge is 2.16. The minimum absolute atomic E-state index is 0.0613. The van der Waals surface area contributed by atoms with Gasteiger partial charge in [-0.2, -0.15) is 0 Å². The first-order valence-corrected chi connectivity index (χ1v) is 10.7. The lowest BCUT2D eigenvalue weighted by atomic mass is 10.1. The Labute approximate surface area is 151 Å². The van der Waals surface area contributed by atoms with Crippen LogP contribution in [0.15, 0.2) is 29.2 Å². The molecule has 0 aromatic heterocycles. The number of nitrogens with zero attached hydrogens (tertiary/aromatic N) is 1. The predicted octanol–water partition coefficient (Wildman–Crippen LogP) is 4.79. The quantitative estimate of drug-likeness (QED) is 0.289. The van der Waals surface area contributed by atoms with Crippen molar-refractivity contribution >= 4 is 15.7 Å². The lowest BCUT2D eigenvalue weighted by Crippen LogP contribution is -2.24. The largest absolute Gasteiger partial charge is 0.270 e. The highest BCUT2D eigenvalue weighted by Crippen LogP contribution is 2.17. The summed E-state index contributed by atoms with van der Waals surface area (Å²) >= 11 is 0. The molecule has 0 saturated heterocycles. The van der Waals surface area contributed by atoms with Gasteiger partial charge in [-0.1, -0.05) is 70.8 Å². The van der Waals surface area contributed by atoms with Crippen molar-refractivity contribution in [3.8, 4) is 0 Å². The fourth-order valence-electron chi connectivity index (χ4n) is 2.67. The van der Waals surface area contributed by atoms with Crippen molar-refractivity contribution in [1.82, 2.24) is 4.72 Å². The molecule has 1 N–H and O–H groups in total. The number of nitrogens with one attached hydrogen (secondary N) is 1. The molecule has 7 heteroatoms. The van der Waals surface area contributed by atoms with Crippen LogP contribution in [0.1, 0.15) is 71.1 Å². The Morgan fingerprint density at radius 1 is 0.960 bits per heavy atom. The standard InChI is InChI=1S/C18H30N2O4S/c1-2-3-4-5-6-7-8-9-10-11-15-19-25(23,24)18-14-12-13-17(16-18)20(21)22/h12-14,16,19H,2-11,15H2,1H3. The van der Waals surface area contributed by atoms with E-state index in [2.05, 4.69) is 11.6 Å². The van der Waals surface area contributed by atoms with Gasteiger partial charge >= 0.3 is 0 Å². The van der Waals surface area contributed by atoms with Crippen molar-refractivity contribution in [3.05, 3.63) is 34.4 Å². The first-order chi connectivity index (χ1) is 12.0. The average molecular weight is 371 g/mol. The molecule has 0 saturated carbocycles. The molecule has 142 valence electrons. The zero-order valence-corrected chi connectivity index (χ0v) is 15.9. The molecule has 1 aromatic carbocycles. The van der Waals surface area contributed by atoms with Crippen LogP contribution >= 0.6 is 0 Å². The van der Waals surface area contributed by atoms with Gasteiger partial charge < -0.3 is 0 Å². The Hall–Kier alpha value is -1.47. The fourth-order valence-corrected chi connectivity index (χ4v) is 3.78. The van der Waals surface area contributed by atoms with Gasteiger partial charge in [0.1, 0.15) is 0 Å². The van der Waals surface area contributed by atoms with Crippen molar-refractivity contribution in [2.45, 2.75) is 76.0 Å². The normalized spacial score (nSPS) is 11.6. The summed E-state index contributed by atoms with van der Waals surface area (Å²) < 4.78 is 26.8. The van der Waals surface area contributed by atoms with Gasteiger partial charge in [-0.05, 0) is 12.5 Å². The smallest absolute Gasteiger partial charge is 0.258 e. The van der Waals surface area contributed by atoms with Crippen LogP contribution in [0, 0.1) is 10.1 Å². The van der Waals surface area contributed by atoms with Gasteiger partial charge in [0.05, 0.1) is 9.82 Å². The lowest BCUT2D eigenvalue weighted by Gasteiger charge is -2.07. The van der Waals surface area contributed by atoms with Crippen LogP contribution in [-0.2, 0) is 10.0 Å². The number of sulfonamides is 1. The molecule has 0 amide bonds. The number of nitro groups is 1. The molecule has 0 heterocycles. The first kappa shape index (κ1) is 21.6. The maximum atomic E-state index is 12.1. The van der Waals surface area contributed by atoms with Crippen LogP contribution in [0.25, 0.3) is 0 Å². The lowest BCUT2D eigenvalue weighted by molar-refractivity contribution is -0.385. The van der Waals surface area contributed by atoms with Gasteiger partial charge in [-0.3, -0.25) is 10.1 Å². The zero-order chi connectivity index (χ0) is 18.5. The summed E-state index contributed by atoms with van der Waals surface area (Å²) in [5.41, 5.74) is -0.221. The zero-order valence-electron chi connectivity index (χ0n) is 15.1. The highest BCUT2D eigenvalue weighted by molar-refractivity contribution is 7.89. The van der Waals surface area contributed by atoms with Gasteiger partial charge in [-0.15, -0.1) is 0 Å². The van der Waals surface area contributed by atoms with Crippen LogP contribution in [0.4, 0.5) is 5.69 Å². The van der Waals surface area contributed by atoms with Crippen LogP contribution in [0.2, 0.25) is 0 Å². The molecule has 0 fully saturated rings. The summed E-state index contributed by atoms with van der Waals surface area (Å²) in [6, 6.07) is 5.11. The molecule has 0 bridgehead atoms. The van der Waals surface area contributed by atoms with Gasteiger partial charge in [-0.25, -0.2) is 13.1 Å². The predicted molar refractivity (Wildman–Crippen MR) is 100 cm³/mol. The minimum atomic E-state index is -3.68. The Morgan fingerprint density at radius 2 is 1.52 bits per heavy atom. The first-order valence-electron chi connectivity index (χ1n) is 9.21. The highest BCUT2D eigenvalue weighted by atomic mass is 32.2. The Balaban J connectivity index is 2.18. The third-order valence-corrected chi connectivity index (χ3v) is 5.62. The van der Waals surface area contributed by atoms with E-state index in [0.717, 1.165) is 25.3 Å². The third kappa shape index (κ3) is 8.97. The topological polar surface area (TPSA) is 89.3 Å². The molecule has 25 heavy (non-hydrogen) atoms. The molecule has 1 aromatic rings. The van der Waals surface area contributed by atoms with Crippen molar-refractivity contribution < 1.29 is 13.3 Å². The second-order valence-corrected chi connectivity index (χ2v) is 8.10. The number of hydrogen-bond donors (Lipinski definition) is 1. The summed E-state index contributed by atoms with van der Waals surface area (Å²) in [4.78, 5) is 10.1. The number of rotatable bonds is 14. The number of unbranched alkanes of at least 4 members (excludes halogenated alkanes) is 9. The molecule has 0 aliphatic heterocycles. The van der Waals surface area contributed by atoms with E-state index in [-0.39, 0.29) is 10.6 Å². The van der Waals surface area contributed by atoms with Crippen molar-refractivity contribution in [2.24, 2.45) is 0 Å². The fraction of sp³-hybridized carbons (Fsp3) is 0.667. The molecule has 1 rings (SSSR count). The Bertz CT molecular complexity index is 617. The van der Waals surface area contributed by atoms with Crippen LogP contribution < -0.4 is 4.72 Å². The van der Waals surface area contributed by atoms with Crippen LogP contribution in [0.3, 0.4) is 0 Å². The summed E-state index contributed by atoms with van der Waals surface area (Å²) in [5, 5.41) is 10.7. The molecule has 0 aliphatic rings. The molecular weight excluding hydrogens is 340 g/mol. The molecular formula is C18H30N2O4S. The van der Waals surface area contributed by atoms with Crippen LogP contribution in [-0.4, -0.2) is 19.9 Å². The van der Waals surface area contributed by atoms with E-state index in [4.69, 9.17) is 0 Å². The van der Waals surface area contributed by atoms with Crippen molar-refractivity contribution in [2.75, 3.05) is 6.54 Å². The van der Waals surface area contributed by atoms with Crippen molar-refractivity contribution in [1.29, 1.82) is 0 Å². The van der Waals surface area contributed by atoms with E-state index in [1.54, 1.807) is 0 Å². The van der Waals surface area contributed by atoms with Gasteiger partial charge in [0.25, 0.3) is 5.69 Å². The van der Waals surface area contributed by atoms with E-state index >= 15 is 0 Å². The maximum Gasteiger partial charge on any atom is 0.270 e. The van der Waals surface area contributed by atoms with Gasteiger partial charge in [0.15, 0.2) is 0 Å². The summed E-state index contributed by atoms with van der Waals surface area (Å²) in [6.45, 7) is 2.58.